The van der Waals surface area contributed by atoms with Crippen molar-refractivity contribution >= 4 is 17.3 Å². The SMILES string of the molecule is COc1cc(CNc2ccc(Cl)cc2)ccc1OCCc1ccccc1. The predicted molar refractivity (Wildman–Crippen MR) is 107 cm³/mol. The monoisotopic (exact) mass is 367 g/mol. The second kappa shape index (κ2) is 9.16. The molecular weight excluding hydrogens is 346 g/mol. The highest BCUT2D eigenvalue weighted by atomic mass is 35.5. The maximum absolute atomic E-state index is 5.91. The Morgan fingerprint density at radius 1 is 0.846 bits per heavy atom. The van der Waals surface area contributed by atoms with Crippen LogP contribution in [0.4, 0.5) is 5.69 Å². The minimum absolute atomic E-state index is 0.614. The summed E-state index contributed by atoms with van der Waals surface area (Å²) in [5.41, 5.74) is 3.40. The fourth-order valence-electron chi connectivity index (χ4n) is 2.64. The molecule has 0 amide bonds. The van der Waals surface area contributed by atoms with E-state index >= 15 is 0 Å². The van der Waals surface area contributed by atoms with Crippen LogP contribution in [0.3, 0.4) is 0 Å². The van der Waals surface area contributed by atoms with Crippen LogP contribution in [0.25, 0.3) is 0 Å². The number of hydrogen-bond donors (Lipinski definition) is 1. The average molecular weight is 368 g/mol. The molecule has 134 valence electrons. The van der Waals surface area contributed by atoms with Crippen LogP contribution in [0.15, 0.2) is 72.8 Å². The first kappa shape index (κ1) is 18.2. The summed E-state index contributed by atoms with van der Waals surface area (Å²) in [7, 11) is 1.66. The van der Waals surface area contributed by atoms with E-state index in [-0.39, 0.29) is 0 Å². The molecule has 0 aliphatic carbocycles. The van der Waals surface area contributed by atoms with Gasteiger partial charge in [-0.05, 0) is 47.5 Å². The van der Waals surface area contributed by atoms with E-state index in [0.29, 0.717) is 13.2 Å². The third-order valence-electron chi connectivity index (χ3n) is 4.06. The summed E-state index contributed by atoms with van der Waals surface area (Å²) < 4.78 is 11.4. The Morgan fingerprint density at radius 3 is 2.35 bits per heavy atom. The molecule has 1 N–H and O–H groups in total. The number of halogens is 1. The minimum atomic E-state index is 0.614. The van der Waals surface area contributed by atoms with Gasteiger partial charge >= 0.3 is 0 Å². The van der Waals surface area contributed by atoms with Gasteiger partial charge in [-0.1, -0.05) is 48.0 Å². The van der Waals surface area contributed by atoms with Crippen LogP contribution in [0.2, 0.25) is 5.02 Å². The first-order chi connectivity index (χ1) is 12.7. The number of anilines is 1. The van der Waals surface area contributed by atoms with Crippen LogP contribution in [-0.4, -0.2) is 13.7 Å². The van der Waals surface area contributed by atoms with Crippen molar-refractivity contribution in [2.75, 3.05) is 19.0 Å². The van der Waals surface area contributed by atoms with Gasteiger partial charge in [-0.2, -0.15) is 0 Å². The van der Waals surface area contributed by atoms with E-state index in [2.05, 4.69) is 17.4 Å². The molecular formula is C22H22ClNO2. The smallest absolute Gasteiger partial charge is 0.161 e. The fraction of sp³-hybridized carbons (Fsp3) is 0.182. The summed E-state index contributed by atoms with van der Waals surface area (Å²) in [5, 5.41) is 4.10. The minimum Gasteiger partial charge on any atom is -0.493 e. The van der Waals surface area contributed by atoms with E-state index < -0.39 is 0 Å². The Balaban J connectivity index is 1.57. The molecule has 0 aliphatic heterocycles. The molecule has 3 nitrogen and oxygen atoms in total. The number of methoxy groups -OCH3 is 1. The Morgan fingerprint density at radius 2 is 1.62 bits per heavy atom. The third-order valence-corrected chi connectivity index (χ3v) is 4.31. The zero-order chi connectivity index (χ0) is 18.2. The molecule has 0 heterocycles. The average Bonchev–Trinajstić information content (AvgIpc) is 2.69. The highest BCUT2D eigenvalue weighted by Gasteiger charge is 2.06. The van der Waals surface area contributed by atoms with Gasteiger partial charge in [-0.25, -0.2) is 0 Å². The molecule has 0 spiro atoms. The number of benzene rings is 3. The summed E-state index contributed by atoms with van der Waals surface area (Å²) in [5.74, 6) is 1.51. The van der Waals surface area contributed by atoms with E-state index in [1.807, 2.05) is 60.7 Å². The Bertz CT molecular complexity index is 819. The molecule has 0 bridgehead atoms. The van der Waals surface area contributed by atoms with Crippen LogP contribution in [0.1, 0.15) is 11.1 Å². The maximum atomic E-state index is 5.91. The molecule has 0 aromatic heterocycles. The summed E-state index contributed by atoms with van der Waals surface area (Å²) in [6, 6.07) is 24.0. The number of ether oxygens (including phenoxy) is 2. The lowest BCUT2D eigenvalue weighted by Crippen LogP contribution is -2.04. The van der Waals surface area contributed by atoms with Gasteiger partial charge in [0.05, 0.1) is 13.7 Å². The molecule has 3 aromatic rings. The van der Waals surface area contributed by atoms with Crippen molar-refractivity contribution < 1.29 is 9.47 Å². The van der Waals surface area contributed by atoms with Gasteiger partial charge < -0.3 is 14.8 Å². The van der Waals surface area contributed by atoms with Crippen LogP contribution >= 0.6 is 11.6 Å². The quantitative estimate of drug-likeness (QED) is 0.563. The van der Waals surface area contributed by atoms with Crippen LogP contribution < -0.4 is 14.8 Å². The molecule has 0 atom stereocenters. The zero-order valence-electron chi connectivity index (χ0n) is 14.7. The summed E-state index contributed by atoms with van der Waals surface area (Å²) in [4.78, 5) is 0. The molecule has 0 saturated carbocycles. The van der Waals surface area contributed by atoms with E-state index in [1.54, 1.807) is 7.11 Å². The second-order valence-corrected chi connectivity index (χ2v) is 6.37. The van der Waals surface area contributed by atoms with Crippen LogP contribution in [-0.2, 0) is 13.0 Å². The summed E-state index contributed by atoms with van der Waals surface area (Å²) in [6.45, 7) is 1.31. The van der Waals surface area contributed by atoms with E-state index in [4.69, 9.17) is 21.1 Å². The Labute approximate surface area is 159 Å². The third kappa shape index (κ3) is 5.17. The van der Waals surface area contributed by atoms with Crippen LogP contribution in [0, 0.1) is 0 Å². The van der Waals surface area contributed by atoms with Crippen molar-refractivity contribution in [3.05, 3.63) is 88.9 Å². The standard InChI is InChI=1S/C22H22ClNO2/c1-25-22-15-18(16-24-20-10-8-19(23)9-11-20)7-12-21(22)26-14-13-17-5-3-2-4-6-17/h2-12,15,24H,13-14,16H2,1H3. The van der Waals surface area contributed by atoms with E-state index in [9.17, 15) is 0 Å². The molecule has 0 aliphatic rings. The van der Waals surface area contributed by atoms with Crippen molar-refractivity contribution in [3.8, 4) is 11.5 Å². The van der Waals surface area contributed by atoms with Gasteiger partial charge in [0, 0.05) is 23.7 Å². The highest BCUT2D eigenvalue weighted by Crippen LogP contribution is 2.28. The largest absolute Gasteiger partial charge is 0.493 e. The molecule has 3 rings (SSSR count). The molecule has 4 heteroatoms. The van der Waals surface area contributed by atoms with Crippen molar-refractivity contribution in [1.29, 1.82) is 0 Å². The normalized spacial score (nSPS) is 10.4. The first-order valence-electron chi connectivity index (χ1n) is 8.57. The van der Waals surface area contributed by atoms with Crippen molar-refractivity contribution in [2.24, 2.45) is 0 Å². The molecule has 0 saturated heterocycles. The highest BCUT2D eigenvalue weighted by molar-refractivity contribution is 6.30. The van der Waals surface area contributed by atoms with Crippen molar-refractivity contribution in [1.82, 2.24) is 0 Å². The lowest BCUT2D eigenvalue weighted by atomic mass is 10.1. The molecule has 3 aromatic carbocycles. The van der Waals surface area contributed by atoms with Crippen LogP contribution in [0.5, 0.6) is 11.5 Å². The van der Waals surface area contributed by atoms with Crippen molar-refractivity contribution in [3.63, 3.8) is 0 Å². The van der Waals surface area contributed by atoms with Gasteiger partial charge in [-0.15, -0.1) is 0 Å². The molecule has 0 radical (unpaired) electrons. The lowest BCUT2D eigenvalue weighted by molar-refractivity contribution is 0.297. The van der Waals surface area contributed by atoms with Gasteiger partial charge in [-0.3, -0.25) is 0 Å². The van der Waals surface area contributed by atoms with Gasteiger partial charge in [0.1, 0.15) is 0 Å². The van der Waals surface area contributed by atoms with Gasteiger partial charge in [0.15, 0.2) is 11.5 Å². The Kier molecular flexibility index (Phi) is 6.39. The fourth-order valence-corrected chi connectivity index (χ4v) is 2.76. The molecule has 0 fully saturated rings. The first-order valence-corrected chi connectivity index (χ1v) is 8.95. The van der Waals surface area contributed by atoms with E-state index in [0.717, 1.165) is 34.2 Å². The second-order valence-electron chi connectivity index (χ2n) is 5.93. The lowest BCUT2D eigenvalue weighted by Gasteiger charge is -2.13. The van der Waals surface area contributed by atoms with Gasteiger partial charge in [0.25, 0.3) is 0 Å². The number of rotatable bonds is 8. The van der Waals surface area contributed by atoms with Gasteiger partial charge in [0.2, 0.25) is 0 Å². The molecule has 26 heavy (non-hydrogen) atoms. The van der Waals surface area contributed by atoms with Crippen molar-refractivity contribution in [2.45, 2.75) is 13.0 Å². The maximum Gasteiger partial charge on any atom is 0.161 e. The number of hydrogen-bond acceptors (Lipinski definition) is 3. The predicted octanol–water partition coefficient (Wildman–Crippen LogP) is 5.58. The summed E-state index contributed by atoms with van der Waals surface area (Å²) in [6.07, 6.45) is 0.865. The topological polar surface area (TPSA) is 30.5 Å². The zero-order valence-corrected chi connectivity index (χ0v) is 15.5. The summed E-state index contributed by atoms with van der Waals surface area (Å²) >= 11 is 5.91. The number of nitrogens with one attached hydrogen (secondary N) is 1. The van der Waals surface area contributed by atoms with E-state index in [1.165, 1.54) is 5.56 Å². The molecule has 0 unspecified atom stereocenters. The Hall–Kier alpha value is -2.65.